The van der Waals surface area contributed by atoms with Gasteiger partial charge in [-0.25, -0.2) is 0 Å². The van der Waals surface area contributed by atoms with E-state index in [1.807, 2.05) is 0 Å². The second kappa shape index (κ2) is 4.61. The highest BCUT2D eigenvalue weighted by molar-refractivity contribution is 5.85. The number of halogens is 2. The van der Waals surface area contributed by atoms with Crippen LogP contribution in [0.2, 0.25) is 0 Å². The van der Waals surface area contributed by atoms with E-state index < -0.39 is 17.4 Å². The predicted molar refractivity (Wildman–Crippen MR) is 59.8 cm³/mol. The van der Waals surface area contributed by atoms with Gasteiger partial charge in [-0.15, -0.1) is 0 Å². The average Bonchev–Trinajstić information content (AvgIpc) is 2.34. The van der Waals surface area contributed by atoms with Crippen LogP contribution in [-0.2, 0) is 11.3 Å². The zero-order chi connectivity index (χ0) is 13.2. The first-order valence-electron chi connectivity index (χ1n) is 5.73. The Kier molecular flexibility index (Phi) is 3.30. The standard InChI is InChI=1S/C12H14F2N2O2/c13-12(14,11(18)4-2-5-11)10(17)16-8-9-3-1-6-15-7-9/h1,3,6-7,18H,2,4-5,8H2,(H,16,17). The minimum atomic E-state index is -3.74. The summed E-state index contributed by atoms with van der Waals surface area (Å²) in [6.07, 6.45) is 3.47. The molecule has 0 aliphatic heterocycles. The van der Waals surface area contributed by atoms with E-state index in [0.717, 1.165) is 0 Å². The zero-order valence-corrected chi connectivity index (χ0v) is 9.70. The number of nitrogens with one attached hydrogen (secondary N) is 1. The number of carbonyl (C=O) groups is 1. The molecule has 1 saturated carbocycles. The van der Waals surface area contributed by atoms with Crippen molar-refractivity contribution in [3.63, 3.8) is 0 Å². The summed E-state index contributed by atoms with van der Waals surface area (Å²) in [7, 11) is 0. The number of rotatable bonds is 4. The third kappa shape index (κ3) is 2.20. The number of nitrogens with zero attached hydrogens (tertiary/aromatic N) is 1. The number of aliphatic hydroxyl groups is 1. The predicted octanol–water partition coefficient (Wildman–Crippen LogP) is 1.25. The lowest BCUT2D eigenvalue weighted by Gasteiger charge is -2.41. The second-order valence-electron chi connectivity index (χ2n) is 4.50. The second-order valence-corrected chi connectivity index (χ2v) is 4.50. The molecular weight excluding hydrogens is 242 g/mol. The van der Waals surface area contributed by atoms with Gasteiger partial charge in [0.1, 0.15) is 5.60 Å². The topological polar surface area (TPSA) is 62.2 Å². The van der Waals surface area contributed by atoms with Crippen molar-refractivity contribution >= 4 is 5.91 Å². The Bertz CT molecular complexity index is 433. The molecule has 0 aromatic carbocycles. The van der Waals surface area contributed by atoms with Gasteiger partial charge in [0.2, 0.25) is 0 Å². The molecule has 4 nitrogen and oxygen atoms in total. The van der Waals surface area contributed by atoms with E-state index in [2.05, 4.69) is 10.3 Å². The van der Waals surface area contributed by atoms with Crippen LogP contribution in [0, 0.1) is 0 Å². The fraction of sp³-hybridized carbons (Fsp3) is 0.500. The van der Waals surface area contributed by atoms with Crippen LogP contribution in [0.15, 0.2) is 24.5 Å². The van der Waals surface area contributed by atoms with Crippen LogP contribution in [-0.4, -0.2) is 27.5 Å². The van der Waals surface area contributed by atoms with Crippen molar-refractivity contribution in [3.05, 3.63) is 30.1 Å². The normalized spacial score (nSPS) is 17.9. The maximum absolute atomic E-state index is 13.7. The lowest BCUT2D eigenvalue weighted by molar-refractivity contribution is -0.216. The van der Waals surface area contributed by atoms with Gasteiger partial charge in [0, 0.05) is 18.9 Å². The third-order valence-electron chi connectivity index (χ3n) is 3.23. The number of carbonyl (C=O) groups excluding carboxylic acids is 1. The van der Waals surface area contributed by atoms with Crippen molar-refractivity contribution < 1.29 is 18.7 Å². The average molecular weight is 256 g/mol. The minimum absolute atomic E-state index is 0.0294. The van der Waals surface area contributed by atoms with Gasteiger partial charge in [-0.1, -0.05) is 6.07 Å². The Hall–Kier alpha value is -1.56. The summed E-state index contributed by atoms with van der Waals surface area (Å²) < 4.78 is 27.3. The minimum Gasteiger partial charge on any atom is -0.383 e. The molecule has 98 valence electrons. The molecule has 0 radical (unpaired) electrons. The lowest BCUT2D eigenvalue weighted by atomic mass is 9.75. The number of aromatic nitrogens is 1. The Balaban J connectivity index is 1.95. The van der Waals surface area contributed by atoms with Crippen LogP contribution in [0.25, 0.3) is 0 Å². The van der Waals surface area contributed by atoms with Crippen LogP contribution in [0.1, 0.15) is 24.8 Å². The molecule has 0 bridgehead atoms. The van der Waals surface area contributed by atoms with Gasteiger partial charge in [0.15, 0.2) is 0 Å². The molecule has 1 aliphatic rings. The molecule has 1 aromatic heterocycles. The SMILES string of the molecule is O=C(NCc1cccnc1)C(F)(F)C1(O)CCC1. The van der Waals surface area contributed by atoms with Crippen molar-refractivity contribution in [2.45, 2.75) is 37.3 Å². The van der Waals surface area contributed by atoms with E-state index in [9.17, 15) is 18.7 Å². The van der Waals surface area contributed by atoms with Gasteiger partial charge >= 0.3 is 5.92 Å². The van der Waals surface area contributed by atoms with Crippen molar-refractivity contribution in [2.24, 2.45) is 0 Å². The summed E-state index contributed by atoms with van der Waals surface area (Å²) in [6, 6.07) is 3.32. The highest BCUT2D eigenvalue weighted by Crippen LogP contribution is 2.44. The summed E-state index contributed by atoms with van der Waals surface area (Å²) >= 11 is 0. The van der Waals surface area contributed by atoms with E-state index in [4.69, 9.17) is 0 Å². The number of hydrogen-bond acceptors (Lipinski definition) is 3. The first-order valence-corrected chi connectivity index (χ1v) is 5.73. The van der Waals surface area contributed by atoms with Gasteiger partial charge in [0.05, 0.1) is 0 Å². The van der Waals surface area contributed by atoms with Gasteiger partial charge in [-0.05, 0) is 30.9 Å². The van der Waals surface area contributed by atoms with Crippen LogP contribution >= 0.6 is 0 Å². The summed E-state index contributed by atoms with van der Waals surface area (Å²) in [5.41, 5.74) is -1.55. The smallest absolute Gasteiger partial charge is 0.352 e. The highest BCUT2D eigenvalue weighted by atomic mass is 19.3. The Morgan fingerprint density at radius 1 is 1.56 bits per heavy atom. The first-order chi connectivity index (χ1) is 8.46. The molecule has 1 aliphatic carbocycles. The number of alkyl halides is 2. The third-order valence-corrected chi connectivity index (χ3v) is 3.23. The van der Waals surface area contributed by atoms with E-state index in [1.54, 1.807) is 18.3 Å². The molecule has 1 heterocycles. The molecule has 1 amide bonds. The Morgan fingerprint density at radius 3 is 2.78 bits per heavy atom. The molecule has 2 rings (SSSR count). The highest BCUT2D eigenvalue weighted by Gasteiger charge is 2.60. The van der Waals surface area contributed by atoms with Gasteiger partial charge in [-0.2, -0.15) is 8.78 Å². The zero-order valence-electron chi connectivity index (χ0n) is 9.70. The maximum Gasteiger partial charge on any atom is 0.352 e. The quantitative estimate of drug-likeness (QED) is 0.852. The fourth-order valence-corrected chi connectivity index (χ4v) is 1.83. The molecule has 18 heavy (non-hydrogen) atoms. The van der Waals surface area contributed by atoms with E-state index in [-0.39, 0.29) is 19.4 Å². The van der Waals surface area contributed by atoms with Crippen LogP contribution in [0.4, 0.5) is 8.78 Å². The Morgan fingerprint density at radius 2 is 2.28 bits per heavy atom. The van der Waals surface area contributed by atoms with E-state index >= 15 is 0 Å². The molecule has 1 fully saturated rings. The van der Waals surface area contributed by atoms with Crippen molar-refractivity contribution in [1.82, 2.24) is 10.3 Å². The summed E-state index contributed by atoms with van der Waals surface area (Å²) in [6.45, 7) is -0.0294. The molecule has 1 aromatic rings. The van der Waals surface area contributed by atoms with Gasteiger partial charge < -0.3 is 10.4 Å². The molecule has 0 atom stereocenters. The number of amides is 1. The molecule has 6 heteroatoms. The van der Waals surface area contributed by atoms with Crippen LogP contribution in [0.5, 0.6) is 0 Å². The Labute approximate surface area is 103 Å². The van der Waals surface area contributed by atoms with Crippen LogP contribution < -0.4 is 5.32 Å². The van der Waals surface area contributed by atoms with Crippen LogP contribution in [0.3, 0.4) is 0 Å². The fourth-order valence-electron chi connectivity index (χ4n) is 1.83. The summed E-state index contributed by atoms with van der Waals surface area (Å²) in [4.78, 5) is 15.2. The van der Waals surface area contributed by atoms with Crippen molar-refractivity contribution in [2.75, 3.05) is 0 Å². The number of pyridine rings is 1. The van der Waals surface area contributed by atoms with Gasteiger partial charge in [0.25, 0.3) is 5.91 Å². The molecule has 2 N–H and O–H groups in total. The summed E-state index contributed by atoms with van der Waals surface area (Å²) in [5.74, 6) is -5.18. The summed E-state index contributed by atoms with van der Waals surface area (Å²) in [5, 5.41) is 11.7. The monoisotopic (exact) mass is 256 g/mol. The maximum atomic E-state index is 13.7. The first kappa shape index (κ1) is 12.9. The van der Waals surface area contributed by atoms with Crippen molar-refractivity contribution in [1.29, 1.82) is 0 Å². The molecule has 0 saturated heterocycles. The van der Waals surface area contributed by atoms with E-state index in [1.165, 1.54) is 6.20 Å². The number of hydrogen-bond donors (Lipinski definition) is 2. The molecular formula is C12H14F2N2O2. The molecule has 0 spiro atoms. The van der Waals surface area contributed by atoms with E-state index in [0.29, 0.717) is 12.0 Å². The lowest BCUT2D eigenvalue weighted by Crippen LogP contribution is -2.60. The van der Waals surface area contributed by atoms with Crippen molar-refractivity contribution in [3.8, 4) is 0 Å². The van der Waals surface area contributed by atoms with Gasteiger partial charge in [-0.3, -0.25) is 9.78 Å². The molecule has 0 unspecified atom stereocenters. The largest absolute Gasteiger partial charge is 0.383 e.